The van der Waals surface area contributed by atoms with Gasteiger partial charge in [0.2, 0.25) is 0 Å². The number of aromatic nitrogens is 2. The second-order valence-electron chi connectivity index (χ2n) is 5.45. The normalized spacial score (nSPS) is 17.9. The van der Waals surface area contributed by atoms with Gasteiger partial charge in [-0.25, -0.2) is 4.79 Å². The van der Waals surface area contributed by atoms with Crippen molar-refractivity contribution in [1.82, 2.24) is 14.0 Å². The molecule has 0 N–H and O–H groups in total. The van der Waals surface area contributed by atoms with E-state index in [1.807, 2.05) is 35.9 Å². The SMILES string of the molecule is COC1CCN(Cn2c(=O)n(C)c3ccccc32)CC1. The predicted molar refractivity (Wildman–Crippen MR) is 78.8 cm³/mol. The van der Waals surface area contributed by atoms with E-state index in [1.165, 1.54) is 0 Å². The molecule has 1 aromatic heterocycles. The number of aryl methyl sites for hydroxylation is 1. The van der Waals surface area contributed by atoms with Crippen LogP contribution in [0.3, 0.4) is 0 Å². The molecule has 0 atom stereocenters. The molecule has 0 radical (unpaired) electrons. The van der Waals surface area contributed by atoms with Gasteiger partial charge < -0.3 is 4.74 Å². The second kappa shape index (κ2) is 5.42. The standard InChI is InChI=1S/C15H21N3O2/c1-16-13-5-3-4-6-14(13)18(15(16)19)11-17-9-7-12(20-2)8-10-17/h3-6,12H,7-11H2,1-2H3. The molecule has 108 valence electrons. The van der Waals surface area contributed by atoms with Crippen LogP contribution in [0.25, 0.3) is 11.0 Å². The number of fused-ring (bicyclic) bond motifs is 1. The quantitative estimate of drug-likeness (QED) is 0.850. The van der Waals surface area contributed by atoms with Crippen molar-refractivity contribution in [3.63, 3.8) is 0 Å². The van der Waals surface area contributed by atoms with Crippen LogP contribution in [-0.4, -0.2) is 40.3 Å². The van der Waals surface area contributed by atoms with E-state index >= 15 is 0 Å². The highest BCUT2D eigenvalue weighted by Gasteiger charge is 2.20. The number of piperidine rings is 1. The van der Waals surface area contributed by atoms with Crippen LogP contribution >= 0.6 is 0 Å². The lowest BCUT2D eigenvalue weighted by atomic mass is 10.1. The van der Waals surface area contributed by atoms with E-state index in [2.05, 4.69) is 4.90 Å². The minimum atomic E-state index is 0.0556. The van der Waals surface area contributed by atoms with E-state index in [1.54, 1.807) is 11.7 Å². The van der Waals surface area contributed by atoms with Crippen molar-refractivity contribution in [2.24, 2.45) is 7.05 Å². The highest BCUT2D eigenvalue weighted by molar-refractivity contribution is 5.75. The molecule has 0 saturated carbocycles. The van der Waals surface area contributed by atoms with E-state index in [9.17, 15) is 4.79 Å². The van der Waals surface area contributed by atoms with Gasteiger partial charge in [-0.15, -0.1) is 0 Å². The number of ether oxygens (including phenoxy) is 1. The van der Waals surface area contributed by atoms with Crippen molar-refractivity contribution in [2.45, 2.75) is 25.6 Å². The highest BCUT2D eigenvalue weighted by Crippen LogP contribution is 2.16. The summed E-state index contributed by atoms with van der Waals surface area (Å²) >= 11 is 0. The van der Waals surface area contributed by atoms with Gasteiger partial charge in [0, 0.05) is 27.2 Å². The molecule has 1 fully saturated rings. The number of hydrogen-bond acceptors (Lipinski definition) is 3. The summed E-state index contributed by atoms with van der Waals surface area (Å²) in [6.45, 7) is 2.62. The van der Waals surface area contributed by atoms with Gasteiger partial charge in [0.25, 0.3) is 0 Å². The van der Waals surface area contributed by atoms with Gasteiger partial charge >= 0.3 is 5.69 Å². The summed E-state index contributed by atoms with van der Waals surface area (Å²) in [5, 5.41) is 0. The van der Waals surface area contributed by atoms with Crippen molar-refractivity contribution >= 4 is 11.0 Å². The van der Waals surface area contributed by atoms with Crippen LogP contribution in [0.2, 0.25) is 0 Å². The zero-order valence-corrected chi connectivity index (χ0v) is 12.1. The predicted octanol–water partition coefficient (Wildman–Crippen LogP) is 1.41. The Kier molecular flexibility index (Phi) is 3.63. The van der Waals surface area contributed by atoms with Crippen LogP contribution in [0.4, 0.5) is 0 Å². The van der Waals surface area contributed by atoms with E-state index in [-0.39, 0.29) is 5.69 Å². The Balaban J connectivity index is 1.85. The highest BCUT2D eigenvalue weighted by atomic mass is 16.5. The van der Waals surface area contributed by atoms with Crippen molar-refractivity contribution < 1.29 is 4.74 Å². The molecule has 1 aliphatic rings. The minimum Gasteiger partial charge on any atom is -0.381 e. The summed E-state index contributed by atoms with van der Waals surface area (Å²) in [6.07, 6.45) is 2.45. The lowest BCUT2D eigenvalue weighted by molar-refractivity contribution is 0.0319. The molecule has 2 aromatic rings. The molecule has 5 heteroatoms. The molecule has 0 amide bonds. The Hall–Kier alpha value is -1.59. The van der Waals surface area contributed by atoms with Gasteiger partial charge in [-0.2, -0.15) is 0 Å². The van der Waals surface area contributed by atoms with Crippen LogP contribution in [0, 0.1) is 0 Å². The lowest BCUT2D eigenvalue weighted by Crippen LogP contribution is -2.40. The summed E-state index contributed by atoms with van der Waals surface area (Å²) in [5.41, 5.74) is 2.05. The smallest absolute Gasteiger partial charge is 0.329 e. The maximum Gasteiger partial charge on any atom is 0.329 e. The Labute approximate surface area is 118 Å². The molecule has 0 aliphatic carbocycles. The van der Waals surface area contributed by atoms with Gasteiger partial charge in [-0.3, -0.25) is 14.0 Å². The molecule has 1 aromatic carbocycles. The molecule has 20 heavy (non-hydrogen) atoms. The third kappa shape index (κ3) is 2.27. The number of rotatable bonds is 3. The van der Waals surface area contributed by atoms with Gasteiger partial charge in [-0.1, -0.05) is 12.1 Å². The maximum atomic E-state index is 12.4. The summed E-state index contributed by atoms with van der Waals surface area (Å²) < 4.78 is 8.97. The average Bonchev–Trinajstić information content (AvgIpc) is 2.74. The number of para-hydroxylation sites is 2. The van der Waals surface area contributed by atoms with Gasteiger partial charge in [-0.05, 0) is 25.0 Å². The maximum absolute atomic E-state index is 12.4. The monoisotopic (exact) mass is 275 g/mol. The van der Waals surface area contributed by atoms with E-state index in [0.29, 0.717) is 12.8 Å². The van der Waals surface area contributed by atoms with Crippen LogP contribution in [-0.2, 0) is 18.5 Å². The van der Waals surface area contributed by atoms with Crippen molar-refractivity contribution in [1.29, 1.82) is 0 Å². The first-order valence-electron chi connectivity index (χ1n) is 7.10. The number of imidazole rings is 1. The van der Waals surface area contributed by atoms with Crippen LogP contribution < -0.4 is 5.69 Å². The molecule has 2 heterocycles. The first-order chi connectivity index (χ1) is 9.70. The fourth-order valence-corrected chi connectivity index (χ4v) is 2.99. The van der Waals surface area contributed by atoms with Crippen molar-refractivity contribution in [3.05, 3.63) is 34.7 Å². The first-order valence-corrected chi connectivity index (χ1v) is 7.10. The van der Waals surface area contributed by atoms with Gasteiger partial charge in [0.1, 0.15) is 0 Å². The van der Waals surface area contributed by atoms with Crippen molar-refractivity contribution in [2.75, 3.05) is 20.2 Å². The lowest BCUT2D eigenvalue weighted by Gasteiger charge is -2.31. The molecule has 0 spiro atoms. The van der Waals surface area contributed by atoms with Crippen molar-refractivity contribution in [3.8, 4) is 0 Å². The zero-order valence-electron chi connectivity index (χ0n) is 12.1. The Morgan fingerprint density at radius 3 is 2.50 bits per heavy atom. The molecule has 5 nitrogen and oxygen atoms in total. The molecule has 0 unspecified atom stereocenters. The fraction of sp³-hybridized carbons (Fsp3) is 0.533. The summed E-state index contributed by atoms with van der Waals surface area (Å²) in [5.74, 6) is 0. The third-order valence-corrected chi connectivity index (χ3v) is 4.26. The minimum absolute atomic E-state index is 0.0556. The van der Waals surface area contributed by atoms with E-state index in [4.69, 9.17) is 4.74 Å². The number of hydrogen-bond donors (Lipinski definition) is 0. The van der Waals surface area contributed by atoms with Crippen LogP contribution in [0.5, 0.6) is 0 Å². The molecule has 3 rings (SSSR count). The Morgan fingerprint density at radius 2 is 1.85 bits per heavy atom. The van der Waals surface area contributed by atoms with Gasteiger partial charge in [0.05, 0.1) is 23.8 Å². The molecular weight excluding hydrogens is 254 g/mol. The topological polar surface area (TPSA) is 39.4 Å². The molecular formula is C15H21N3O2. The van der Waals surface area contributed by atoms with Crippen LogP contribution in [0.15, 0.2) is 29.1 Å². The molecule has 0 bridgehead atoms. The summed E-state index contributed by atoms with van der Waals surface area (Å²) in [6, 6.07) is 7.95. The van der Waals surface area contributed by atoms with E-state index < -0.39 is 0 Å². The first kappa shape index (κ1) is 13.4. The summed E-state index contributed by atoms with van der Waals surface area (Å²) in [4.78, 5) is 14.7. The Bertz CT molecular complexity index is 651. The number of methoxy groups -OCH3 is 1. The average molecular weight is 275 g/mol. The van der Waals surface area contributed by atoms with E-state index in [0.717, 1.165) is 37.0 Å². The number of benzene rings is 1. The number of nitrogens with zero attached hydrogens (tertiary/aromatic N) is 3. The second-order valence-corrected chi connectivity index (χ2v) is 5.45. The summed E-state index contributed by atoms with van der Waals surface area (Å²) in [7, 11) is 3.61. The number of likely N-dealkylation sites (tertiary alicyclic amines) is 1. The van der Waals surface area contributed by atoms with Crippen LogP contribution in [0.1, 0.15) is 12.8 Å². The Morgan fingerprint density at radius 1 is 1.20 bits per heavy atom. The molecule has 1 saturated heterocycles. The zero-order chi connectivity index (χ0) is 14.1. The third-order valence-electron chi connectivity index (χ3n) is 4.26. The largest absolute Gasteiger partial charge is 0.381 e. The fourth-order valence-electron chi connectivity index (χ4n) is 2.99. The van der Waals surface area contributed by atoms with Gasteiger partial charge in [0.15, 0.2) is 0 Å². The molecule has 1 aliphatic heterocycles.